The van der Waals surface area contributed by atoms with Gasteiger partial charge in [0.15, 0.2) is 0 Å². The van der Waals surface area contributed by atoms with Crippen molar-refractivity contribution >= 4 is 35.0 Å². The Labute approximate surface area is 213 Å². The number of anilines is 4. The molecule has 1 aliphatic carbocycles. The van der Waals surface area contributed by atoms with Gasteiger partial charge in [0.1, 0.15) is 23.8 Å². The Morgan fingerprint density at radius 1 is 1.08 bits per heavy atom. The molecule has 0 atom stereocenters. The fraction of sp³-hybridized carbons (Fsp3) is 0.333. The lowest BCUT2D eigenvalue weighted by Crippen LogP contribution is -2.32. The number of carboxylic acid groups (broad SMARTS) is 1. The molecule has 1 fully saturated rings. The maximum atomic E-state index is 13.5. The number of nitrogens with one attached hydrogen (secondary N) is 1. The molecule has 9 nitrogen and oxygen atoms in total. The summed E-state index contributed by atoms with van der Waals surface area (Å²) in [6.45, 7) is 0.537. The van der Waals surface area contributed by atoms with Gasteiger partial charge in [-0.3, -0.25) is 9.59 Å². The molecule has 192 valence electrons. The summed E-state index contributed by atoms with van der Waals surface area (Å²) in [5.74, 6) is -0.571. The van der Waals surface area contributed by atoms with Gasteiger partial charge >= 0.3 is 5.97 Å². The number of ether oxygens (including phenoxy) is 1. The Hall–Kier alpha value is -4.21. The van der Waals surface area contributed by atoms with Crippen molar-refractivity contribution in [2.75, 3.05) is 29.1 Å². The van der Waals surface area contributed by atoms with Gasteiger partial charge < -0.3 is 25.8 Å². The van der Waals surface area contributed by atoms with Crippen LogP contribution in [0, 0.1) is 11.7 Å². The summed E-state index contributed by atoms with van der Waals surface area (Å²) in [4.78, 5) is 34.6. The van der Waals surface area contributed by atoms with Crippen molar-refractivity contribution in [2.45, 2.75) is 38.0 Å². The summed E-state index contributed by atoms with van der Waals surface area (Å²) in [5.41, 5.74) is 8.75. The average Bonchev–Trinajstić information content (AvgIpc) is 3.04. The third kappa shape index (κ3) is 5.47. The predicted octanol–water partition coefficient (Wildman–Crippen LogP) is 4.73. The van der Waals surface area contributed by atoms with Gasteiger partial charge in [-0.25, -0.2) is 4.39 Å². The molecule has 5 rings (SSSR count). The molecule has 0 saturated heterocycles. The number of benzene rings is 2. The molecule has 2 aliphatic rings. The largest absolute Gasteiger partial charge is 0.481 e. The molecule has 1 aromatic heterocycles. The minimum Gasteiger partial charge on any atom is -0.481 e. The number of carbonyl (C=O) groups is 2. The van der Waals surface area contributed by atoms with Crippen molar-refractivity contribution < 1.29 is 23.8 Å². The van der Waals surface area contributed by atoms with E-state index in [1.165, 1.54) is 17.7 Å². The molecular formula is C27H28FN5O4. The Bertz CT molecular complexity index is 1290. The van der Waals surface area contributed by atoms with Crippen LogP contribution in [-0.2, 0) is 4.79 Å². The van der Waals surface area contributed by atoms with Gasteiger partial charge in [0.25, 0.3) is 5.91 Å². The summed E-state index contributed by atoms with van der Waals surface area (Å²) < 4.78 is 19.0. The fourth-order valence-electron chi connectivity index (χ4n) is 5.07. The standard InChI is InChI=1S/C27H28FN5O4/c28-19-7-9-20(10-8-19)30-27-31-24(29)23-25(32-27)37-14-13-33(26(23)36)21-11-5-18(6-12-21)17-3-1-16(2-4-17)15-22(34)35/h5-12,16-17H,1-4,13-15H2,(H,34,35)(H3,29,30,31,32)/t16-,17-. The third-order valence-electron chi connectivity index (χ3n) is 7.00. The second-order valence-electron chi connectivity index (χ2n) is 9.46. The first kappa shape index (κ1) is 24.5. The molecule has 0 spiro atoms. The van der Waals surface area contributed by atoms with Gasteiger partial charge in [-0.2, -0.15) is 9.97 Å². The van der Waals surface area contributed by atoms with E-state index in [1.807, 2.05) is 24.3 Å². The van der Waals surface area contributed by atoms with Crippen LogP contribution in [0.25, 0.3) is 0 Å². The molecule has 1 saturated carbocycles. The molecule has 0 unspecified atom stereocenters. The summed E-state index contributed by atoms with van der Waals surface area (Å²) in [5, 5.41) is 12.0. The van der Waals surface area contributed by atoms with Crippen molar-refractivity contribution in [1.29, 1.82) is 0 Å². The van der Waals surface area contributed by atoms with Gasteiger partial charge in [-0.15, -0.1) is 0 Å². The molecule has 2 aromatic carbocycles. The number of amides is 1. The molecular weight excluding hydrogens is 477 g/mol. The Morgan fingerprint density at radius 3 is 2.46 bits per heavy atom. The molecule has 1 amide bonds. The van der Waals surface area contributed by atoms with Crippen LogP contribution in [0.1, 0.15) is 53.9 Å². The highest BCUT2D eigenvalue weighted by Crippen LogP contribution is 2.38. The minimum atomic E-state index is -0.730. The number of halogens is 1. The zero-order chi connectivity index (χ0) is 25.9. The van der Waals surface area contributed by atoms with Crippen LogP contribution < -0.4 is 20.7 Å². The van der Waals surface area contributed by atoms with E-state index in [0.717, 1.165) is 31.4 Å². The molecule has 3 aromatic rings. The highest BCUT2D eigenvalue weighted by Gasteiger charge is 2.30. The summed E-state index contributed by atoms with van der Waals surface area (Å²) in [7, 11) is 0. The monoisotopic (exact) mass is 505 g/mol. The number of nitrogens with two attached hydrogens (primary N) is 1. The maximum Gasteiger partial charge on any atom is 0.303 e. The van der Waals surface area contributed by atoms with Crippen molar-refractivity contribution in [2.24, 2.45) is 5.92 Å². The Balaban J connectivity index is 1.30. The number of carboxylic acids is 1. The molecule has 2 heterocycles. The van der Waals surface area contributed by atoms with Crippen molar-refractivity contribution in [3.63, 3.8) is 0 Å². The lowest BCUT2D eigenvalue weighted by molar-refractivity contribution is -0.138. The number of nitrogens with zero attached hydrogens (tertiary/aromatic N) is 3. The van der Waals surface area contributed by atoms with E-state index in [1.54, 1.807) is 17.0 Å². The third-order valence-corrected chi connectivity index (χ3v) is 7.00. The number of hydrogen-bond acceptors (Lipinski definition) is 7. The smallest absolute Gasteiger partial charge is 0.303 e. The van der Waals surface area contributed by atoms with Crippen molar-refractivity contribution in [1.82, 2.24) is 9.97 Å². The van der Waals surface area contributed by atoms with Gasteiger partial charge in [0, 0.05) is 17.8 Å². The first-order valence-corrected chi connectivity index (χ1v) is 12.3. The first-order chi connectivity index (χ1) is 17.9. The van der Waals surface area contributed by atoms with Crippen LogP contribution in [0.4, 0.5) is 27.5 Å². The second kappa shape index (κ2) is 10.4. The lowest BCUT2D eigenvalue weighted by atomic mass is 9.77. The van der Waals surface area contributed by atoms with E-state index in [4.69, 9.17) is 15.6 Å². The normalized spacial score (nSPS) is 19.5. The van der Waals surface area contributed by atoms with Crippen LogP contribution >= 0.6 is 0 Å². The van der Waals surface area contributed by atoms with Crippen molar-refractivity contribution in [3.05, 3.63) is 65.5 Å². The number of carbonyl (C=O) groups excluding carboxylic acids is 1. The SMILES string of the molecule is Nc1nc(Nc2ccc(F)cc2)nc2c1C(=O)N(c1ccc([C@H]3CC[C@H](CC(=O)O)CC3)cc1)CCO2. The fourth-order valence-corrected chi connectivity index (χ4v) is 5.07. The van der Waals surface area contributed by atoms with E-state index in [-0.39, 0.29) is 53.9 Å². The van der Waals surface area contributed by atoms with Gasteiger partial charge in [-0.05, 0) is 79.5 Å². The van der Waals surface area contributed by atoms with E-state index >= 15 is 0 Å². The first-order valence-electron chi connectivity index (χ1n) is 12.3. The Kier molecular flexibility index (Phi) is 6.89. The van der Waals surface area contributed by atoms with Crippen LogP contribution in [0.2, 0.25) is 0 Å². The highest BCUT2D eigenvalue weighted by atomic mass is 19.1. The zero-order valence-corrected chi connectivity index (χ0v) is 20.2. The van der Waals surface area contributed by atoms with Crippen LogP contribution in [-0.4, -0.2) is 40.1 Å². The number of aliphatic carboxylic acids is 1. The predicted molar refractivity (Wildman–Crippen MR) is 137 cm³/mol. The minimum absolute atomic E-state index is 0.0127. The van der Waals surface area contributed by atoms with Gasteiger partial charge in [0.2, 0.25) is 11.8 Å². The van der Waals surface area contributed by atoms with Crippen molar-refractivity contribution in [3.8, 4) is 5.88 Å². The number of rotatable bonds is 6. The number of nitrogen functional groups attached to an aromatic ring is 1. The number of fused-ring (bicyclic) bond motifs is 1. The molecule has 4 N–H and O–H groups in total. The molecule has 1 aliphatic heterocycles. The molecule has 0 bridgehead atoms. The van der Waals surface area contributed by atoms with Crippen LogP contribution in [0.15, 0.2) is 48.5 Å². The van der Waals surface area contributed by atoms with E-state index in [9.17, 15) is 14.0 Å². The van der Waals surface area contributed by atoms with Crippen LogP contribution in [0.5, 0.6) is 5.88 Å². The second-order valence-corrected chi connectivity index (χ2v) is 9.46. The molecule has 10 heteroatoms. The number of aromatic nitrogens is 2. The number of hydrogen-bond donors (Lipinski definition) is 3. The van der Waals surface area contributed by atoms with E-state index in [0.29, 0.717) is 18.2 Å². The summed E-state index contributed by atoms with van der Waals surface area (Å²) in [6, 6.07) is 13.6. The lowest BCUT2D eigenvalue weighted by Gasteiger charge is -2.28. The van der Waals surface area contributed by atoms with Gasteiger partial charge in [0.05, 0.1) is 6.54 Å². The van der Waals surface area contributed by atoms with E-state index in [2.05, 4.69) is 15.3 Å². The Morgan fingerprint density at radius 2 is 1.78 bits per heavy atom. The molecule has 37 heavy (non-hydrogen) atoms. The summed E-state index contributed by atoms with van der Waals surface area (Å²) >= 11 is 0. The zero-order valence-electron chi connectivity index (χ0n) is 20.2. The van der Waals surface area contributed by atoms with E-state index < -0.39 is 5.97 Å². The maximum absolute atomic E-state index is 13.5. The van der Waals surface area contributed by atoms with Crippen LogP contribution in [0.3, 0.4) is 0 Å². The topological polar surface area (TPSA) is 131 Å². The average molecular weight is 506 g/mol. The summed E-state index contributed by atoms with van der Waals surface area (Å²) in [6.07, 6.45) is 3.99. The van der Waals surface area contributed by atoms with Gasteiger partial charge in [-0.1, -0.05) is 12.1 Å². The highest BCUT2D eigenvalue weighted by molar-refractivity contribution is 6.10. The molecule has 0 radical (unpaired) electrons. The quantitative estimate of drug-likeness (QED) is 0.438.